The third-order valence-electron chi connectivity index (χ3n) is 2.97. The fourth-order valence-corrected chi connectivity index (χ4v) is 1.99. The molecule has 5 heteroatoms. The van der Waals surface area contributed by atoms with Crippen molar-refractivity contribution >= 4 is 21.6 Å². The largest absolute Gasteiger partial charge is 0.394 e. The van der Waals surface area contributed by atoms with Gasteiger partial charge in [0.2, 0.25) is 0 Å². The second-order valence-electron chi connectivity index (χ2n) is 4.08. The summed E-state index contributed by atoms with van der Waals surface area (Å²) in [6.07, 6.45) is 0.625. The Kier molecular flexibility index (Phi) is 5.39. The van der Waals surface area contributed by atoms with Crippen molar-refractivity contribution in [3.8, 4) is 0 Å². The SMILES string of the molecule is CCC(CO)(CO)Nc1ccc(Br)cc1CN. The lowest BCUT2D eigenvalue weighted by Crippen LogP contribution is -2.45. The molecule has 0 fully saturated rings. The van der Waals surface area contributed by atoms with Crippen molar-refractivity contribution in [3.63, 3.8) is 0 Å². The molecule has 1 aromatic rings. The fraction of sp³-hybridized carbons (Fsp3) is 0.500. The van der Waals surface area contributed by atoms with Crippen LogP contribution in [0.5, 0.6) is 0 Å². The van der Waals surface area contributed by atoms with E-state index in [0.717, 1.165) is 15.7 Å². The molecule has 1 aromatic carbocycles. The Bertz CT molecular complexity index is 359. The molecule has 0 aliphatic carbocycles. The highest BCUT2D eigenvalue weighted by atomic mass is 79.9. The van der Waals surface area contributed by atoms with Crippen LogP contribution >= 0.6 is 15.9 Å². The zero-order valence-electron chi connectivity index (χ0n) is 9.91. The van der Waals surface area contributed by atoms with Crippen LogP contribution in [0, 0.1) is 0 Å². The van der Waals surface area contributed by atoms with E-state index in [1.807, 2.05) is 25.1 Å². The summed E-state index contributed by atoms with van der Waals surface area (Å²) in [4.78, 5) is 0. The maximum Gasteiger partial charge on any atom is 0.0832 e. The van der Waals surface area contributed by atoms with Crippen molar-refractivity contribution in [1.29, 1.82) is 0 Å². The van der Waals surface area contributed by atoms with Gasteiger partial charge in [-0.1, -0.05) is 22.9 Å². The molecule has 0 saturated carbocycles. The van der Waals surface area contributed by atoms with Gasteiger partial charge in [-0.15, -0.1) is 0 Å². The standard InChI is InChI=1S/C12H19BrN2O2/c1-2-12(7-16,8-17)15-11-4-3-10(13)5-9(11)6-14/h3-5,15-17H,2,6-8,14H2,1H3. The number of nitrogens with one attached hydrogen (secondary N) is 1. The Morgan fingerprint density at radius 2 is 2.00 bits per heavy atom. The van der Waals surface area contributed by atoms with Crippen molar-refractivity contribution in [2.75, 3.05) is 18.5 Å². The Balaban J connectivity index is 3.00. The summed E-state index contributed by atoms with van der Waals surface area (Å²) >= 11 is 3.39. The van der Waals surface area contributed by atoms with Gasteiger partial charge < -0.3 is 21.3 Å². The molecular formula is C12H19BrN2O2. The second-order valence-corrected chi connectivity index (χ2v) is 5.00. The molecule has 17 heavy (non-hydrogen) atoms. The highest BCUT2D eigenvalue weighted by Gasteiger charge is 2.26. The van der Waals surface area contributed by atoms with Crippen LogP contribution in [-0.4, -0.2) is 29.0 Å². The molecule has 5 N–H and O–H groups in total. The van der Waals surface area contributed by atoms with Crippen LogP contribution in [0.3, 0.4) is 0 Å². The number of rotatable bonds is 6. The molecule has 0 aromatic heterocycles. The first-order valence-electron chi connectivity index (χ1n) is 5.59. The van der Waals surface area contributed by atoms with Gasteiger partial charge in [0.15, 0.2) is 0 Å². The number of nitrogens with two attached hydrogens (primary N) is 1. The minimum Gasteiger partial charge on any atom is -0.394 e. The Labute approximate surface area is 110 Å². The third kappa shape index (κ3) is 3.42. The van der Waals surface area contributed by atoms with Crippen LogP contribution in [0.4, 0.5) is 5.69 Å². The number of anilines is 1. The maximum atomic E-state index is 9.39. The van der Waals surface area contributed by atoms with Crippen LogP contribution < -0.4 is 11.1 Å². The molecule has 0 atom stereocenters. The maximum absolute atomic E-state index is 9.39. The summed E-state index contributed by atoms with van der Waals surface area (Å²) in [7, 11) is 0. The molecule has 1 rings (SSSR count). The molecule has 0 unspecified atom stereocenters. The first-order chi connectivity index (χ1) is 8.10. The topological polar surface area (TPSA) is 78.5 Å². The number of aliphatic hydroxyl groups is 2. The minimum absolute atomic E-state index is 0.125. The Morgan fingerprint density at radius 1 is 1.35 bits per heavy atom. The van der Waals surface area contributed by atoms with Gasteiger partial charge in [-0.3, -0.25) is 0 Å². The van der Waals surface area contributed by atoms with Crippen molar-refractivity contribution in [3.05, 3.63) is 28.2 Å². The molecular weight excluding hydrogens is 284 g/mol. The predicted octanol–water partition coefficient (Wildman–Crippen LogP) is 1.45. The zero-order chi connectivity index (χ0) is 12.9. The molecule has 0 aliphatic heterocycles. The van der Waals surface area contributed by atoms with Gasteiger partial charge in [-0.2, -0.15) is 0 Å². The van der Waals surface area contributed by atoms with E-state index in [-0.39, 0.29) is 13.2 Å². The summed E-state index contributed by atoms with van der Waals surface area (Å²) in [5.74, 6) is 0. The number of hydrogen-bond donors (Lipinski definition) is 4. The summed E-state index contributed by atoms with van der Waals surface area (Å²) in [6.45, 7) is 2.07. The van der Waals surface area contributed by atoms with Gasteiger partial charge in [-0.25, -0.2) is 0 Å². The van der Waals surface area contributed by atoms with Crippen LogP contribution in [0.15, 0.2) is 22.7 Å². The molecule has 0 spiro atoms. The van der Waals surface area contributed by atoms with E-state index in [1.165, 1.54) is 0 Å². The lowest BCUT2D eigenvalue weighted by atomic mass is 9.97. The molecule has 0 bridgehead atoms. The summed E-state index contributed by atoms with van der Waals surface area (Å²) in [5.41, 5.74) is 6.77. The predicted molar refractivity (Wildman–Crippen MR) is 72.8 cm³/mol. The van der Waals surface area contributed by atoms with Crippen molar-refractivity contribution in [2.45, 2.75) is 25.4 Å². The Hall–Kier alpha value is -0.620. The van der Waals surface area contributed by atoms with Crippen molar-refractivity contribution in [2.24, 2.45) is 5.73 Å². The van der Waals surface area contributed by atoms with Gasteiger partial charge in [0.05, 0.1) is 18.8 Å². The molecule has 0 radical (unpaired) electrons. The first-order valence-corrected chi connectivity index (χ1v) is 6.38. The Morgan fingerprint density at radius 3 is 2.47 bits per heavy atom. The highest BCUT2D eigenvalue weighted by Crippen LogP contribution is 2.25. The van der Waals surface area contributed by atoms with Gasteiger partial charge >= 0.3 is 0 Å². The normalized spacial score (nSPS) is 11.6. The molecule has 0 amide bonds. The van der Waals surface area contributed by atoms with E-state index in [4.69, 9.17) is 5.73 Å². The van der Waals surface area contributed by atoms with Crippen LogP contribution in [-0.2, 0) is 6.54 Å². The molecule has 0 aliphatic rings. The molecule has 0 saturated heterocycles. The highest BCUT2D eigenvalue weighted by molar-refractivity contribution is 9.10. The van der Waals surface area contributed by atoms with E-state index in [0.29, 0.717) is 13.0 Å². The number of halogens is 1. The lowest BCUT2D eigenvalue weighted by molar-refractivity contribution is 0.132. The van der Waals surface area contributed by atoms with Crippen LogP contribution in [0.1, 0.15) is 18.9 Å². The van der Waals surface area contributed by atoms with Gasteiger partial charge in [0.1, 0.15) is 0 Å². The zero-order valence-corrected chi connectivity index (χ0v) is 11.5. The summed E-state index contributed by atoms with van der Waals surface area (Å²) in [5, 5.41) is 22.0. The first kappa shape index (κ1) is 14.4. The van der Waals surface area contributed by atoms with E-state index in [9.17, 15) is 10.2 Å². The quantitative estimate of drug-likeness (QED) is 0.641. The third-order valence-corrected chi connectivity index (χ3v) is 3.46. The molecule has 0 heterocycles. The summed E-state index contributed by atoms with van der Waals surface area (Å²) < 4.78 is 0.957. The van der Waals surface area contributed by atoms with E-state index >= 15 is 0 Å². The minimum atomic E-state index is -0.697. The van der Waals surface area contributed by atoms with Gasteiger partial charge in [0, 0.05) is 16.7 Å². The summed E-state index contributed by atoms with van der Waals surface area (Å²) in [6, 6.07) is 5.72. The van der Waals surface area contributed by atoms with E-state index < -0.39 is 5.54 Å². The molecule has 96 valence electrons. The van der Waals surface area contributed by atoms with Gasteiger partial charge in [0.25, 0.3) is 0 Å². The number of aliphatic hydroxyl groups excluding tert-OH is 2. The fourth-order valence-electron chi connectivity index (χ4n) is 1.58. The number of benzene rings is 1. The average molecular weight is 303 g/mol. The van der Waals surface area contributed by atoms with Crippen LogP contribution in [0.2, 0.25) is 0 Å². The van der Waals surface area contributed by atoms with Crippen LogP contribution in [0.25, 0.3) is 0 Å². The van der Waals surface area contributed by atoms with Crippen molar-refractivity contribution in [1.82, 2.24) is 0 Å². The van der Waals surface area contributed by atoms with E-state index in [2.05, 4.69) is 21.2 Å². The van der Waals surface area contributed by atoms with Crippen molar-refractivity contribution < 1.29 is 10.2 Å². The monoisotopic (exact) mass is 302 g/mol. The van der Waals surface area contributed by atoms with Gasteiger partial charge in [-0.05, 0) is 30.2 Å². The number of hydrogen-bond acceptors (Lipinski definition) is 4. The second kappa shape index (κ2) is 6.35. The van der Waals surface area contributed by atoms with E-state index in [1.54, 1.807) is 0 Å². The average Bonchev–Trinajstić information content (AvgIpc) is 2.37. The lowest BCUT2D eigenvalue weighted by Gasteiger charge is -2.32. The smallest absolute Gasteiger partial charge is 0.0832 e. The molecule has 4 nitrogen and oxygen atoms in total.